The van der Waals surface area contributed by atoms with Crippen molar-refractivity contribution in [2.45, 2.75) is 56.3 Å². The molecule has 1 amide bonds. The van der Waals surface area contributed by atoms with Crippen LogP contribution in [0.5, 0.6) is 0 Å². The van der Waals surface area contributed by atoms with Crippen LogP contribution in [0.25, 0.3) is 11.1 Å². The summed E-state index contributed by atoms with van der Waals surface area (Å²) in [6.07, 6.45) is 8.13. The number of rotatable bonds is 9. The van der Waals surface area contributed by atoms with Crippen molar-refractivity contribution in [2.24, 2.45) is 0 Å². The molecule has 0 aliphatic heterocycles. The van der Waals surface area contributed by atoms with E-state index in [0.29, 0.717) is 30.9 Å². The molecule has 11 nitrogen and oxygen atoms in total. The van der Waals surface area contributed by atoms with E-state index in [1.807, 2.05) is 6.26 Å². The molecule has 170 valence electrons. The van der Waals surface area contributed by atoms with E-state index in [1.54, 1.807) is 11.8 Å². The first kappa shape index (κ1) is 22.1. The summed E-state index contributed by atoms with van der Waals surface area (Å²) in [7, 11) is 0. The Hall–Kier alpha value is -3.15. The maximum Gasteiger partial charge on any atom is 0.420 e. The van der Waals surface area contributed by atoms with E-state index in [0.717, 1.165) is 28.4 Å². The third-order valence-electron chi connectivity index (χ3n) is 5.67. The van der Waals surface area contributed by atoms with Crippen molar-refractivity contribution in [3.05, 3.63) is 44.7 Å². The molecule has 1 aliphatic rings. The average Bonchev–Trinajstić information content (AvgIpc) is 3.50. The number of nitro groups is 1. The highest BCUT2D eigenvalue weighted by molar-refractivity contribution is 7.98. The Morgan fingerprint density at radius 2 is 2.12 bits per heavy atom. The number of non-ortho nitro benzene ring substituents is 1. The molecule has 1 saturated carbocycles. The highest BCUT2D eigenvalue weighted by atomic mass is 32.2. The molecule has 1 fully saturated rings. The minimum absolute atomic E-state index is 0.0767. The Labute approximate surface area is 187 Å². The fraction of sp³-hybridized carbons (Fsp3) is 0.500. The van der Waals surface area contributed by atoms with Crippen LogP contribution < -0.4 is 11.1 Å². The Kier molecular flexibility index (Phi) is 6.58. The number of benzene rings is 1. The van der Waals surface area contributed by atoms with Crippen LogP contribution in [-0.4, -0.2) is 43.0 Å². The molecular formula is C20H24N6O5S. The van der Waals surface area contributed by atoms with Crippen LogP contribution in [0.4, 0.5) is 5.69 Å². The maximum absolute atomic E-state index is 12.4. The van der Waals surface area contributed by atoms with Crippen LogP contribution in [0, 0.1) is 10.1 Å². The molecule has 0 bridgehead atoms. The van der Waals surface area contributed by atoms with Crippen LogP contribution >= 0.6 is 11.8 Å². The summed E-state index contributed by atoms with van der Waals surface area (Å²) in [4.78, 5) is 34.8. The van der Waals surface area contributed by atoms with E-state index in [1.165, 1.54) is 31.0 Å². The van der Waals surface area contributed by atoms with Crippen molar-refractivity contribution in [1.82, 2.24) is 24.6 Å². The van der Waals surface area contributed by atoms with Gasteiger partial charge in [0.2, 0.25) is 5.91 Å². The Morgan fingerprint density at radius 3 is 2.84 bits per heavy atom. The van der Waals surface area contributed by atoms with Gasteiger partial charge in [-0.1, -0.05) is 24.6 Å². The molecular weight excluding hydrogens is 436 g/mol. The van der Waals surface area contributed by atoms with Crippen molar-refractivity contribution < 1.29 is 14.1 Å². The normalized spacial score (nSPS) is 14.3. The second-order valence-corrected chi connectivity index (χ2v) is 8.50. The van der Waals surface area contributed by atoms with Crippen molar-refractivity contribution >= 4 is 34.5 Å². The lowest BCUT2D eigenvalue weighted by molar-refractivity contribution is -0.384. The number of aryl methyl sites for hydroxylation is 1. The number of aromatic nitrogens is 4. The van der Waals surface area contributed by atoms with E-state index in [9.17, 15) is 19.7 Å². The minimum atomic E-state index is -0.732. The van der Waals surface area contributed by atoms with Gasteiger partial charge in [-0.3, -0.25) is 19.5 Å². The summed E-state index contributed by atoms with van der Waals surface area (Å²) < 4.78 is 8.46. The lowest BCUT2D eigenvalue weighted by Crippen LogP contribution is -2.31. The Morgan fingerprint density at radius 1 is 1.34 bits per heavy atom. The number of oxazole rings is 1. The molecule has 4 rings (SSSR count). The Balaban J connectivity index is 1.34. The topological polar surface area (TPSA) is 138 Å². The molecule has 0 saturated heterocycles. The Bertz CT molecular complexity index is 1190. The largest absolute Gasteiger partial charge is 0.420 e. The van der Waals surface area contributed by atoms with Gasteiger partial charge in [0, 0.05) is 25.1 Å². The SMILES string of the molecule is CSc1nnc(CCCNC(=O)Cn2c(=O)oc3cc([N+](=O)[O-])ccc32)n1C1CCCC1. The van der Waals surface area contributed by atoms with E-state index < -0.39 is 10.7 Å². The zero-order valence-electron chi connectivity index (χ0n) is 17.7. The highest BCUT2D eigenvalue weighted by Gasteiger charge is 2.23. The third-order valence-corrected chi connectivity index (χ3v) is 6.31. The van der Waals surface area contributed by atoms with E-state index >= 15 is 0 Å². The monoisotopic (exact) mass is 460 g/mol. The van der Waals surface area contributed by atoms with Gasteiger partial charge in [0.25, 0.3) is 5.69 Å². The first-order valence-corrected chi connectivity index (χ1v) is 11.7. The molecule has 3 aromatic rings. The van der Waals surface area contributed by atoms with Gasteiger partial charge >= 0.3 is 5.76 Å². The maximum atomic E-state index is 12.4. The standard InChI is InChI=1S/C20H24N6O5S/c1-32-19-23-22-17(25(19)13-5-2-3-6-13)7-4-10-21-18(27)12-24-15-9-8-14(26(29)30)11-16(15)31-20(24)28/h8-9,11,13H,2-7,10,12H2,1H3,(H,21,27). The number of amides is 1. The first-order chi connectivity index (χ1) is 15.5. The molecule has 32 heavy (non-hydrogen) atoms. The summed E-state index contributed by atoms with van der Waals surface area (Å²) in [5, 5.41) is 23.3. The molecule has 1 N–H and O–H groups in total. The van der Waals surface area contributed by atoms with Crippen LogP contribution in [0.3, 0.4) is 0 Å². The molecule has 0 unspecified atom stereocenters. The summed E-state index contributed by atoms with van der Waals surface area (Å²) in [6, 6.07) is 4.31. The zero-order valence-corrected chi connectivity index (χ0v) is 18.5. The highest BCUT2D eigenvalue weighted by Crippen LogP contribution is 2.33. The number of fused-ring (bicyclic) bond motifs is 1. The minimum Gasteiger partial charge on any atom is -0.407 e. The lowest BCUT2D eigenvalue weighted by Gasteiger charge is -2.16. The second kappa shape index (κ2) is 9.55. The zero-order chi connectivity index (χ0) is 22.7. The summed E-state index contributed by atoms with van der Waals surface area (Å²) in [5.74, 6) is -0.130. The van der Waals surface area contributed by atoms with Gasteiger partial charge in [0.15, 0.2) is 10.7 Å². The van der Waals surface area contributed by atoms with E-state index in [4.69, 9.17) is 4.42 Å². The van der Waals surface area contributed by atoms with Gasteiger partial charge < -0.3 is 14.3 Å². The summed E-state index contributed by atoms with van der Waals surface area (Å²) in [5.41, 5.74) is 0.232. The predicted molar refractivity (Wildman–Crippen MR) is 118 cm³/mol. The number of carbonyl (C=O) groups excluding carboxylic acids is 1. The second-order valence-electron chi connectivity index (χ2n) is 7.73. The first-order valence-electron chi connectivity index (χ1n) is 10.5. The van der Waals surface area contributed by atoms with Crippen LogP contribution in [-0.2, 0) is 17.8 Å². The van der Waals surface area contributed by atoms with Crippen molar-refractivity contribution in [3.8, 4) is 0 Å². The number of thioether (sulfide) groups is 1. The number of carbonyl (C=O) groups is 1. The predicted octanol–water partition coefficient (Wildman–Crippen LogP) is 2.68. The van der Waals surface area contributed by atoms with Gasteiger partial charge in [0.05, 0.1) is 16.5 Å². The molecule has 12 heteroatoms. The van der Waals surface area contributed by atoms with Crippen molar-refractivity contribution in [1.29, 1.82) is 0 Å². The number of nitrogens with zero attached hydrogens (tertiary/aromatic N) is 5. The average molecular weight is 461 g/mol. The van der Waals surface area contributed by atoms with Gasteiger partial charge in [-0.15, -0.1) is 10.2 Å². The van der Waals surface area contributed by atoms with Gasteiger partial charge in [-0.2, -0.15) is 0 Å². The molecule has 1 aromatic carbocycles. The quantitative estimate of drug-likeness (QED) is 0.223. The summed E-state index contributed by atoms with van der Waals surface area (Å²) in [6.45, 7) is 0.208. The summed E-state index contributed by atoms with van der Waals surface area (Å²) >= 11 is 1.59. The van der Waals surface area contributed by atoms with Gasteiger partial charge in [-0.05, 0) is 31.6 Å². The fourth-order valence-corrected chi connectivity index (χ4v) is 4.71. The molecule has 2 aromatic heterocycles. The molecule has 2 heterocycles. The number of nitro benzene ring substituents is 1. The molecule has 0 atom stereocenters. The number of nitrogens with one attached hydrogen (secondary N) is 1. The van der Waals surface area contributed by atoms with Gasteiger partial charge in [0.1, 0.15) is 12.4 Å². The van der Waals surface area contributed by atoms with Crippen molar-refractivity contribution in [2.75, 3.05) is 12.8 Å². The fourth-order valence-electron chi connectivity index (χ4n) is 4.14. The van der Waals surface area contributed by atoms with Crippen LogP contribution in [0.15, 0.2) is 32.6 Å². The molecule has 0 spiro atoms. The molecule has 1 aliphatic carbocycles. The van der Waals surface area contributed by atoms with Crippen LogP contribution in [0.2, 0.25) is 0 Å². The molecule has 0 radical (unpaired) electrons. The smallest absolute Gasteiger partial charge is 0.407 e. The lowest BCUT2D eigenvalue weighted by atomic mass is 10.2. The number of hydrogen-bond donors (Lipinski definition) is 1. The van der Waals surface area contributed by atoms with Crippen LogP contribution in [0.1, 0.15) is 44.0 Å². The van der Waals surface area contributed by atoms with Crippen molar-refractivity contribution in [3.63, 3.8) is 0 Å². The number of hydrogen-bond acceptors (Lipinski definition) is 8. The third kappa shape index (κ3) is 4.54. The van der Waals surface area contributed by atoms with E-state index in [-0.39, 0.29) is 23.7 Å². The van der Waals surface area contributed by atoms with E-state index in [2.05, 4.69) is 20.1 Å². The van der Waals surface area contributed by atoms with Gasteiger partial charge in [-0.25, -0.2) is 4.79 Å².